The lowest BCUT2D eigenvalue weighted by atomic mass is 10.1. The van der Waals surface area contributed by atoms with Crippen molar-refractivity contribution in [1.29, 1.82) is 0 Å². The van der Waals surface area contributed by atoms with Gasteiger partial charge in [0.15, 0.2) is 0 Å². The van der Waals surface area contributed by atoms with Crippen LogP contribution < -0.4 is 0 Å². The summed E-state index contributed by atoms with van der Waals surface area (Å²) >= 11 is 0. The maximum Gasteiger partial charge on any atom is 0.309 e. The summed E-state index contributed by atoms with van der Waals surface area (Å²) < 4.78 is 10.8. The molecule has 0 saturated heterocycles. The van der Waals surface area contributed by atoms with Crippen molar-refractivity contribution in [3.8, 4) is 0 Å². The van der Waals surface area contributed by atoms with Crippen LogP contribution in [0.2, 0.25) is 0 Å². The van der Waals surface area contributed by atoms with Gasteiger partial charge in [0, 0.05) is 26.2 Å². The second kappa shape index (κ2) is 11.5. The molecule has 0 bridgehead atoms. The normalized spacial score (nSPS) is 13.7. The van der Waals surface area contributed by atoms with Crippen molar-refractivity contribution in [2.24, 2.45) is 5.92 Å². The van der Waals surface area contributed by atoms with Crippen LogP contribution in [-0.4, -0.2) is 17.7 Å². The third-order valence-corrected chi connectivity index (χ3v) is 3.70. The summed E-state index contributed by atoms with van der Waals surface area (Å²) in [7, 11) is 0. The molecule has 0 aliphatic heterocycles. The Morgan fingerprint density at radius 2 is 1.45 bits per heavy atom. The first kappa shape index (κ1) is 20.9. The minimum Gasteiger partial charge on any atom is -0.423 e. The first-order valence-electron chi connectivity index (χ1n) is 8.76. The molecule has 0 radical (unpaired) electrons. The number of carbonyl (C=O) groups is 2. The van der Waals surface area contributed by atoms with Crippen molar-refractivity contribution < 1.29 is 19.1 Å². The molecule has 0 fully saturated rings. The van der Waals surface area contributed by atoms with E-state index >= 15 is 0 Å². The van der Waals surface area contributed by atoms with Gasteiger partial charge in [0.2, 0.25) is 0 Å². The van der Waals surface area contributed by atoms with E-state index in [1.165, 1.54) is 0 Å². The quantitative estimate of drug-likeness (QED) is 0.289. The van der Waals surface area contributed by atoms with Gasteiger partial charge in [0.05, 0.1) is 0 Å². The summed E-state index contributed by atoms with van der Waals surface area (Å²) in [6, 6.07) is 0. The van der Waals surface area contributed by atoms with Crippen LogP contribution in [0.5, 0.6) is 0 Å². The Kier molecular flexibility index (Phi) is 10.9. The first-order valence-corrected chi connectivity index (χ1v) is 8.76. The number of carbonyl (C=O) groups excluding carboxylic acids is 2. The predicted octanol–water partition coefficient (Wildman–Crippen LogP) is 5.00. The van der Waals surface area contributed by atoms with E-state index in [9.17, 15) is 9.59 Å². The van der Waals surface area contributed by atoms with Crippen LogP contribution in [0.15, 0.2) is 0 Å². The fourth-order valence-corrected chi connectivity index (χ4v) is 2.10. The fourth-order valence-electron chi connectivity index (χ4n) is 2.10. The average Bonchev–Trinajstić information content (AvgIpc) is 2.43. The Morgan fingerprint density at radius 3 is 1.91 bits per heavy atom. The Bertz CT molecular complexity index is 325. The predicted molar refractivity (Wildman–Crippen MR) is 88.3 cm³/mol. The molecular formula is C18H34O4. The maximum absolute atomic E-state index is 11.9. The zero-order valence-corrected chi connectivity index (χ0v) is 15.1. The summed E-state index contributed by atoms with van der Waals surface area (Å²) in [6.45, 7) is 9.90. The maximum atomic E-state index is 11.9. The van der Waals surface area contributed by atoms with Crippen LogP contribution >= 0.6 is 0 Å². The highest BCUT2D eigenvalue weighted by atomic mass is 16.7. The van der Waals surface area contributed by atoms with Gasteiger partial charge in [-0.05, 0) is 18.8 Å². The molecule has 1 atom stereocenters. The molecule has 0 aromatic heterocycles. The van der Waals surface area contributed by atoms with Gasteiger partial charge in [0.25, 0.3) is 5.79 Å². The molecule has 0 heterocycles. The zero-order chi connectivity index (χ0) is 17.0. The van der Waals surface area contributed by atoms with Gasteiger partial charge >= 0.3 is 11.9 Å². The molecule has 0 aromatic rings. The number of unbranched alkanes of at least 4 members (excludes halogenated alkanes) is 3. The molecular weight excluding hydrogens is 280 g/mol. The van der Waals surface area contributed by atoms with Crippen molar-refractivity contribution in [3.05, 3.63) is 0 Å². The number of ether oxygens (including phenoxy) is 2. The van der Waals surface area contributed by atoms with E-state index in [1.807, 2.05) is 6.92 Å². The molecule has 4 nitrogen and oxygen atoms in total. The van der Waals surface area contributed by atoms with Gasteiger partial charge < -0.3 is 9.47 Å². The van der Waals surface area contributed by atoms with Gasteiger partial charge in [-0.25, -0.2) is 0 Å². The third kappa shape index (κ3) is 10.6. The Labute approximate surface area is 135 Å². The van der Waals surface area contributed by atoms with Crippen molar-refractivity contribution in [2.45, 2.75) is 98.2 Å². The fraction of sp³-hybridized carbons (Fsp3) is 0.889. The molecule has 0 saturated carbocycles. The van der Waals surface area contributed by atoms with Gasteiger partial charge in [-0.1, -0.05) is 53.4 Å². The van der Waals surface area contributed by atoms with Crippen molar-refractivity contribution in [1.82, 2.24) is 0 Å². The van der Waals surface area contributed by atoms with E-state index in [1.54, 1.807) is 6.92 Å². The highest BCUT2D eigenvalue weighted by molar-refractivity contribution is 5.72. The van der Waals surface area contributed by atoms with Crippen molar-refractivity contribution in [2.75, 3.05) is 0 Å². The summed E-state index contributed by atoms with van der Waals surface area (Å²) in [5.41, 5.74) is 0. The van der Waals surface area contributed by atoms with E-state index in [-0.39, 0.29) is 11.9 Å². The highest BCUT2D eigenvalue weighted by Gasteiger charge is 2.30. The monoisotopic (exact) mass is 314 g/mol. The topological polar surface area (TPSA) is 52.6 Å². The number of hydrogen-bond donors (Lipinski definition) is 0. The smallest absolute Gasteiger partial charge is 0.309 e. The van der Waals surface area contributed by atoms with Crippen LogP contribution in [-0.2, 0) is 19.1 Å². The van der Waals surface area contributed by atoms with E-state index in [0.29, 0.717) is 25.2 Å². The minimum atomic E-state index is -1.13. The number of rotatable bonds is 12. The number of esters is 2. The highest BCUT2D eigenvalue weighted by Crippen LogP contribution is 2.20. The second-order valence-corrected chi connectivity index (χ2v) is 6.53. The van der Waals surface area contributed by atoms with Crippen LogP contribution in [0.4, 0.5) is 0 Å². The summed E-state index contributed by atoms with van der Waals surface area (Å²) in [6.07, 6.45) is 7.15. The van der Waals surface area contributed by atoms with E-state index in [4.69, 9.17) is 9.47 Å². The van der Waals surface area contributed by atoms with Crippen LogP contribution in [0.25, 0.3) is 0 Å². The molecule has 22 heavy (non-hydrogen) atoms. The van der Waals surface area contributed by atoms with Gasteiger partial charge in [-0.15, -0.1) is 0 Å². The lowest BCUT2D eigenvalue weighted by Crippen LogP contribution is -2.36. The Hall–Kier alpha value is -1.06. The lowest BCUT2D eigenvalue weighted by Gasteiger charge is -2.28. The largest absolute Gasteiger partial charge is 0.423 e. The molecule has 0 aliphatic carbocycles. The molecule has 0 N–H and O–H groups in total. The average molecular weight is 314 g/mol. The molecule has 0 aromatic carbocycles. The van der Waals surface area contributed by atoms with Crippen molar-refractivity contribution >= 4 is 11.9 Å². The first-order chi connectivity index (χ1) is 10.3. The van der Waals surface area contributed by atoms with Crippen LogP contribution in [0.1, 0.15) is 92.4 Å². The molecule has 0 spiro atoms. The second-order valence-electron chi connectivity index (χ2n) is 6.53. The van der Waals surface area contributed by atoms with Gasteiger partial charge in [-0.2, -0.15) is 0 Å². The zero-order valence-electron chi connectivity index (χ0n) is 15.1. The van der Waals surface area contributed by atoms with E-state index in [0.717, 1.165) is 38.5 Å². The SMILES string of the molecule is CCCCCCC(=O)OC(C)(CC)OC(=O)CCCC(C)C. The minimum absolute atomic E-state index is 0.282. The Balaban J connectivity index is 4.15. The molecule has 4 heteroatoms. The molecule has 0 amide bonds. The van der Waals surface area contributed by atoms with Crippen LogP contribution in [0, 0.1) is 5.92 Å². The van der Waals surface area contributed by atoms with Crippen molar-refractivity contribution in [3.63, 3.8) is 0 Å². The molecule has 0 aliphatic rings. The summed E-state index contributed by atoms with van der Waals surface area (Å²) in [5.74, 6) is -1.12. The third-order valence-electron chi connectivity index (χ3n) is 3.70. The standard InChI is InChI=1S/C18H34O4/c1-6-8-9-10-13-16(19)21-18(5,7-2)22-17(20)14-11-12-15(3)4/h15H,6-14H2,1-5H3. The summed E-state index contributed by atoms with van der Waals surface area (Å²) in [4.78, 5) is 23.7. The number of hydrogen-bond acceptors (Lipinski definition) is 4. The van der Waals surface area contributed by atoms with Crippen LogP contribution in [0.3, 0.4) is 0 Å². The van der Waals surface area contributed by atoms with Gasteiger partial charge in [-0.3, -0.25) is 9.59 Å². The Morgan fingerprint density at radius 1 is 0.909 bits per heavy atom. The molecule has 0 rings (SSSR count). The van der Waals surface area contributed by atoms with Gasteiger partial charge in [0.1, 0.15) is 0 Å². The van der Waals surface area contributed by atoms with E-state index in [2.05, 4.69) is 20.8 Å². The molecule has 130 valence electrons. The van der Waals surface area contributed by atoms with E-state index < -0.39 is 5.79 Å². The molecule has 1 unspecified atom stereocenters. The summed E-state index contributed by atoms with van der Waals surface area (Å²) in [5, 5.41) is 0. The lowest BCUT2D eigenvalue weighted by molar-refractivity contribution is -0.223.